The van der Waals surface area contributed by atoms with Crippen molar-refractivity contribution in [3.63, 3.8) is 0 Å². The molecule has 0 aliphatic carbocycles. The lowest BCUT2D eigenvalue weighted by Gasteiger charge is -2.36. The lowest BCUT2D eigenvalue weighted by molar-refractivity contribution is -0.0291. The van der Waals surface area contributed by atoms with E-state index < -0.39 is 0 Å². The number of anilines is 1. The number of nitrogens with one attached hydrogen (secondary N) is 1. The first-order valence-electron chi connectivity index (χ1n) is 11.0. The van der Waals surface area contributed by atoms with Crippen molar-refractivity contribution in [3.8, 4) is 0 Å². The Hall–Kier alpha value is -2.86. The van der Waals surface area contributed by atoms with E-state index in [0.29, 0.717) is 0 Å². The van der Waals surface area contributed by atoms with Crippen molar-refractivity contribution in [2.24, 2.45) is 0 Å². The largest absolute Gasteiger partial charge is 0.376 e. The predicted octanol–water partition coefficient (Wildman–Crippen LogP) is 5.22. The number of rotatable bonds is 6. The summed E-state index contributed by atoms with van der Waals surface area (Å²) in [7, 11) is 2.14. The van der Waals surface area contributed by atoms with Crippen LogP contribution >= 0.6 is 11.6 Å². The standard InChI is InChI=1S/C26H27ClN4O/c1-30-13-14-32-25(17-30)26(20-9-11-21(27)12-10-20)29-22-6-4-5-19(15-22)16-31-18-28-23-7-2-3-8-24(23)31/h2-12,15,18,25-26,29H,13-14,16-17H2,1H3. The van der Waals surface area contributed by atoms with E-state index in [0.717, 1.165) is 48.0 Å². The molecule has 1 N–H and O–H groups in total. The third-order valence-electron chi connectivity index (χ3n) is 6.03. The zero-order chi connectivity index (χ0) is 21.9. The second-order valence-electron chi connectivity index (χ2n) is 8.41. The van der Waals surface area contributed by atoms with Gasteiger partial charge < -0.3 is 19.5 Å². The number of hydrogen-bond acceptors (Lipinski definition) is 4. The zero-order valence-electron chi connectivity index (χ0n) is 18.1. The molecule has 2 heterocycles. The molecule has 5 rings (SSSR count). The van der Waals surface area contributed by atoms with Crippen molar-refractivity contribution < 1.29 is 4.74 Å². The number of imidazole rings is 1. The molecule has 4 aromatic rings. The molecule has 2 unspecified atom stereocenters. The van der Waals surface area contributed by atoms with Crippen molar-refractivity contribution in [1.29, 1.82) is 0 Å². The molecule has 6 heteroatoms. The Morgan fingerprint density at radius 1 is 1.09 bits per heavy atom. The van der Waals surface area contributed by atoms with Crippen molar-refractivity contribution in [2.45, 2.75) is 18.7 Å². The second-order valence-corrected chi connectivity index (χ2v) is 8.84. The number of halogens is 1. The maximum atomic E-state index is 6.18. The fraction of sp³-hybridized carbons (Fsp3) is 0.269. The van der Waals surface area contributed by atoms with Gasteiger partial charge in [0, 0.05) is 30.3 Å². The van der Waals surface area contributed by atoms with Crippen LogP contribution in [-0.4, -0.2) is 47.3 Å². The van der Waals surface area contributed by atoms with Crippen LogP contribution in [0.4, 0.5) is 5.69 Å². The lowest BCUT2D eigenvalue weighted by atomic mass is 9.99. The van der Waals surface area contributed by atoms with Crippen molar-refractivity contribution in [3.05, 3.63) is 95.3 Å². The molecule has 3 aromatic carbocycles. The number of hydrogen-bond donors (Lipinski definition) is 1. The SMILES string of the molecule is CN1CCOC(C(Nc2cccc(Cn3cnc4ccccc43)c2)c2ccc(Cl)cc2)C1. The summed E-state index contributed by atoms with van der Waals surface area (Å²) in [4.78, 5) is 6.83. The van der Waals surface area contributed by atoms with Crippen LogP contribution in [0.3, 0.4) is 0 Å². The van der Waals surface area contributed by atoms with Crippen LogP contribution < -0.4 is 5.32 Å². The van der Waals surface area contributed by atoms with Gasteiger partial charge in [-0.15, -0.1) is 0 Å². The Balaban J connectivity index is 1.40. The van der Waals surface area contributed by atoms with Gasteiger partial charge in [0.15, 0.2) is 0 Å². The Labute approximate surface area is 193 Å². The van der Waals surface area contributed by atoms with Gasteiger partial charge in [0.2, 0.25) is 0 Å². The Bertz CT molecular complexity index is 1190. The third-order valence-corrected chi connectivity index (χ3v) is 6.28. The molecule has 5 nitrogen and oxygen atoms in total. The molecule has 2 atom stereocenters. The molecule has 0 saturated carbocycles. The van der Waals surface area contributed by atoms with Gasteiger partial charge in [-0.1, -0.05) is 48.0 Å². The number of para-hydroxylation sites is 2. The maximum absolute atomic E-state index is 6.18. The first kappa shape index (κ1) is 21.0. The molecule has 164 valence electrons. The summed E-state index contributed by atoms with van der Waals surface area (Å²) in [6.07, 6.45) is 1.96. The molecule has 32 heavy (non-hydrogen) atoms. The molecule has 1 saturated heterocycles. The molecule has 0 amide bonds. The van der Waals surface area contributed by atoms with Gasteiger partial charge in [0.1, 0.15) is 0 Å². The monoisotopic (exact) mass is 446 g/mol. The highest BCUT2D eigenvalue weighted by Crippen LogP contribution is 2.28. The minimum absolute atomic E-state index is 0.0272. The van der Waals surface area contributed by atoms with Gasteiger partial charge in [-0.25, -0.2) is 4.98 Å². The highest BCUT2D eigenvalue weighted by Gasteiger charge is 2.28. The summed E-state index contributed by atoms with van der Waals surface area (Å²) in [6, 6.07) is 24.9. The first-order valence-corrected chi connectivity index (χ1v) is 11.3. The number of benzene rings is 3. The molecule has 0 spiro atoms. The quantitative estimate of drug-likeness (QED) is 0.441. The predicted molar refractivity (Wildman–Crippen MR) is 130 cm³/mol. The summed E-state index contributed by atoms with van der Waals surface area (Å²) < 4.78 is 8.37. The zero-order valence-corrected chi connectivity index (χ0v) is 18.9. The van der Waals surface area contributed by atoms with E-state index in [1.54, 1.807) is 0 Å². The number of likely N-dealkylation sites (N-methyl/N-ethyl adjacent to an activating group) is 1. The van der Waals surface area contributed by atoms with Gasteiger partial charge in [0.25, 0.3) is 0 Å². The lowest BCUT2D eigenvalue weighted by Crippen LogP contribution is -2.44. The number of nitrogens with zero attached hydrogens (tertiary/aromatic N) is 3. The van der Waals surface area contributed by atoms with Crippen LogP contribution in [0, 0.1) is 0 Å². The van der Waals surface area contributed by atoms with E-state index in [1.165, 1.54) is 11.1 Å². The van der Waals surface area contributed by atoms with E-state index in [9.17, 15) is 0 Å². The summed E-state index contributed by atoms with van der Waals surface area (Å²) in [5, 5.41) is 4.48. The summed E-state index contributed by atoms with van der Waals surface area (Å²) in [5.74, 6) is 0. The van der Waals surface area contributed by atoms with E-state index in [4.69, 9.17) is 16.3 Å². The number of aromatic nitrogens is 2. The summed E-state index contributed by atoms with van der Waals surface area (Å²) in [5.41, 5.74) is 5.62. The Kier molecular flexibility index (Phi) is 6.12. The molecular weight excluding hydrogens is 420 g/mol. The minimum Gasteiger partial charge on any atom is -0.376 e. The Morgan fingerprint density at radius 3 is 2.78 bits per heavy atom. The van der Waals surface area contributed by atoms with Crippen LogP contribution in [0.1, 0.15) is 17.2 Å². The fourth-order valence-corrected chi connectivity index (χ4v) is 4.47. The molecule has 1 aromatic heterocycles. The minimum atomic E-state index is 0.0272. The van der Waals surface area contributed by atoms with Crippen molar-refractivity contribution in [2.75, 3.05) is 32.1 Å². The number of ether oxygens (including phenoxy) is 1. The van der Waals surface area contributed by atoms with Crippen LogP contribution in [0.2, 0.25) is 5.02 Å². The summed E-state index contributed by atoms with van der Waals surface area (Å²) >= 11 is 6.15. The first-order chi connectivity index (χ1) is 15.7. The number of fused-ring (bicyclic) bond motifs is 1. The highest BCUT2D eigenvalue weighted by atomic mass is 35.5. The normalized spacial score (nSPS) is 18.0. The van der Waals surface area contributed by atoms with Gasteiger partial charge in [0.05, 0.1) is 36.1 Å². The summed E-state index contributed by atoms with van der Waals surface area (Å²) in [6.45, 7) is 3.34. The van der Waals surface area contributed by atoms with Gasteiger partial charge in [-0.05, 0) is 54.6 Å². The van der Waals surface area contributed by atoms with E-state index in [2.05, 4.69) is 75.3 Å². The van der Waals surface area contributed by atoms with E-state index in [1.807, 2.05) is 30.6 Å². The fourth-order valence-electron chi connectivity index (χ4n) is 4.35. The highest BCUT2D eigenvalue weighted by molar-refractivity contribution is 6.30. The van der Waals surface area contributed by atoms with Gasteiger partial charge in [-0.3, -0.25) is 0 Å². The Morgan fingerprint density at radius 2 is 1.94 bits per heavy atom. The average Bonchev–Trinajstić information content (AvgIpc) is 3.21. The molecular formula is C26H27ClN4O. The van der Waals surface area contributed by atoms with Crippen LogP contribution in [0.15, 0.2) is 79.1 Å². The molecule has 0 bridgehead atoms. The topological polar surface area (TPSA) is 42.3 Å². The van der Waals surface area contributed by atoms with Crippen LogP contribution in [0.25, 0.3) is 11.0 Å². The number of morpholine rings is 1. The van der Waals surface area contributed by atoms with E-state index in [-0.39, 0.29) is 12.1 Å². The molecule has 1 aliphatic heterocycles. The maximum Gasteiger partial charge on any atom is 0.0961 e. The smallest absolute Gasteiger partial charge is 0.0961 e. The van der Waals surface area contributed by atoms with Gasteiger partial charge in [-0.2, -0.15) is 0 Å². The van der Waals surface area contributed by atoms with Crippen molar-refractivity contribution in [1.82, 2.24) is 14.5 Å². The van der Waals surface area contributed by atoms with E-state index >= 15 is 0 Å². The van der Waals surface area contributed by atoms with Crippen LogP contribution in [0.5, 0.6) is 0 Å². The molecule has 0 radical (unpaired) electrons. The van der Waals surface area contributed by atoms with Crippen molar-refractivity contribution >= 4 is 28.3 Å². The second kappa shape index (κ2) is 9.33. The average molecular weight is 447 g/mol. The van der Waals surface area contributed by atoms with Gasteiger partial charge >= 0.3 is 0 Å². The molecule has 1 fully saturated rings. The van der Waals surface area contributed by atoms with Crippen LogP contribution in [-0.2, 0) is 11.3 Å². The third kappa shape index (κ3) is 4.65. The molecule has 1 aliphatic rings.